The highest BCUT2D eigenvalue weighted by molar-refractivity contribution is 5.86. The zero-order chi connectivity index (χ0) is 20.2. The van der Waals surface area contributed by atoms with E-state index in [0.717, 1.165) is 61.2 Å². The molecule has 0 radical (unpaired) electrons. The van der Waals surface area contributed by atoms with Gasteiger partial charge in [-0.15, -0.1) is 24.8 Å². The number of hydrogen-bond donors (Lipinski definition) is 3. The molecule has 1 aliphatic rings. The smallest absolute Gasteiger partial charge is 0.227 e. The lowest BCUT2D eigenvalue weighted by Gasteiger charge is -2.27. The highest BCUT2D eigenvalue weighted by Gasteiger charge is 2.21. The van der Waals surface area contributed by atoms with Gasteiger partial charge in [0, 0.05) is 23.8 Å². The Labute approximate surface area is 196 Å². The number of nitrogens with one attached hydrogen (secondary N) is 2. The van der Waals surface area contributed by atoms with Gasteiger partial charge in [0.2, 0.25) is 5.95 Å². The molecule has 3 aromatic rings. The van der Waals surface area contributed by atoms with Crippen LogP contribution < -0.4 is 16.4 Å². The first-order chi connectivity index (χ1) is 14.2. The molecule has 2 heterocycles. The average molecular weight is 466 g/mol. The second-order valence-electron chi connectivity index (χ2n) is 7.94. The Hall–Kier alpha value is -2.09. The Morgan fingerprint density at radius 2 is 1.71 bits per heavy atom. The Morgan fingerprint density at radius 1 is 1.03 bits per heavy atom. The molecule has 0 atom stereocenters. The zero-order valence-electron chi connectivity index (χ0n) is 18.1. The number of nitrogens with zero attached hydrogens (tertiary/aromatic N) is 4. The van der Waals surface area contributed by atoms with Crippen LogP contribution in [0.2, 0.25) is 0 Å². The number of nitrogens with two attached hydrogens (primary N) is 1. The minimum Gasteiger partial charge on any atom is -0.351 e. The molecule has 9 heteroatoms. The van der Waals surface area contributed by atoms with Gasteiger partial charge in [0.15, 0.2) is 17.0 Å². The van der Waals surface area contributed by atoms with Crippen molar-refractivity contribution in [3.8, 4) is 0 Å². The summed E-state index contributed by atoms with van der Waals surface area (Å²) in [5.41, 5.74) is 8.73. The van der Waals surface area contributed by atoms with E-state index >= 15 is 0 Å². The summed E-state index contributed by atoms with van der Waals surface area (Å²) in [5.74, 6) is 1.39. The summed E-state index contributed by atoms with van der Waals surface area (Å²) >= 11 is 0. The monoisotopic (exact) mass is 465 g/mol. The molecule has 7 nitrogen and oxygen atoms in total. The molecule has 0 saturated heterocycles. The quantitative estimate of drug-likeness (QED) is 0.428. The van der Waals surface area contributed by atoms with Crippen LogP contribution in [0.1, 0.15) is 58.4 Å². The first kappa shape index (κ1) is 25.2. The maximum absolute atomic E-state index is 6.06. The van der Waals surface area contributed by atoms with Gasteiger partial charge in [0.05, 0.1) is 6.33 Å². The highest BCUT2D eigenvalue weighted by Crippen LogP contribution is 2.29. The van der Waals surface area contributed by atoms with Crippen LogP contribution >= 0.6 is 24.8 Å². The summed E-state index contributed by atoms with van der Waals surface area (Å²) in [6.07, 6.45) is 8.16. The van der Waals surface area contributed by atoms with Gasteiger partial charge in [0.1, 0.15) is 0 Å². The number of para-hydroxylation sites is 1. The SMILES string of the molecule is CCC(CC)n1cnc2c(Nc3ccccc3)nc(NC3CCC(N)CC3)nc21.Cl.Cl. The summed E-state index contributed by atoms with van der Waals surface area (Å²) in [6, 6.07) is 11.1. The van der Waals surface area contributed by atoms with Crippen LogP contribution in [0.3, 0.4) is 0 Å². The van der Waals surface area contributed by atoms with Gasteiger partial charge in [-0.3, -0.25) is 0 Å². The number of halogens is 2. The standard InChI is InChI=1S/C22H31N7.2ClH/c1-3-18(4-2)29-14-24-19-20(25-16-8-6-5-7-9-16)27-22(28-21(19)29)26-17-12-10-15(23)11-13-17;;/h5-9,14-15,17-18H,3-4,10-13,23H2,1-2H3,(H2,25,26,27,28);2*1H. The van der Waals surface area contributed by atoms with Gasteiger partial charge in [-0.05, 0) is 50.7 Å². The molecule has 1 fully saturated rings. The summed E-state index contributed by atoms with van der Waals surface area (Å²) in [6.45, 7) is 4.41. The number of rotatable bonds is 7. The molecule has 0 amide bonds. The first-order valence-electron chi connectivity index (χ1n) is 10.8. The van der Waals surface area contributed by atoms with Crippen molar-refractivity contribution in [3.63, 3.8) is 0 Å². The van der Waals surface area contributed by atoms with Gasteiger partial charge in [-0.1, -0.05) is 32.0 Å². The number of imidazole rings is 1. The molecule has 0 spiro atoms. The highest BCUT2D eigenvalue weighted by atomic mass is 35.5. The van der Waals surface area contributed by atoms with Crippen LogP contribution in [0.4, 0.5) is 17.5 Å². The van der Waals surface area contributed by atoms with Crippen molar-refractivity contribution in [2.45, 2.75) is 70.5 Å². The fourth-order valence-electron chi connectivity index (χ4n) is 4.12. The van der Waals surface area contributed by atoms with E-state index in [4.69, 9.17) is 15.7 Å². The van der Waals surface area contributed by atoms with Crippen molar-refractivity contribution in [3.05, 3.63) is 36.7 Å². The summed E-state index contributed by atoms with van der Waals surface area (Å²) in [4.78, 5) is 14.3. The number of benzene rings is 1. The third-order valence-corrected chi connectivity index (χ3v) is 5.90. The number of hydrogen-bond acceptors (Lipinski definition) is 6. The predicted octanol–water partition coefficient (Wildman–Crippen LogP) is 5.46. The summed E-state index contributed by atoms with van der Waals surface area (Å²) < 4.78 is 2.19. The van der Waals surface area contributed by atoms with E-state index in [1.165, 1.54) is 0 Å². The zero-order valence-corrected chi connectivity index (χ0v) is 19.8. The minimum absolute atomic E-state index is 0. The molecule has 1 saturated carbocycles. The third-order valence-electron chi connectivity index (χ3n) is 5.90. The molecule has 31 heavy (non-hydrogen) atoms. The molecule has 170 valence electrons. The number of fused-ring (bicyclic) bond motifs is 1. The van der Waals surface area contributed by atoms with E-state index in [1.807, 2.05) is 36.7 Å². The molecule has 4 rings (SSSR count). The average Bonchev–Trinajstić information content (AvgIpc) is 3.16. The Morgan fingerprint density at radius 3 is 2.35 bits per heavy atom. The fourth-order valence-corrected chi connectivity index (χ4v) is 4.12. The van der Waals surface area contributed by atoms with E-state index in [1.54, 1.807) is 0 Å². The Kier molecular flexibility index (Phi) is 9.34. The second-order valence-corrected chi connectivity index (χ2v) is 7.94. The van der Waals surface area contributed by atoms with Crippen molar-refractivity contribution in [1.29, 1.82) is 0 Å². The minimum atomic E-state index is 0. The fraction of sp³-hybridized carbons (Fsp3) is 0.500. The first-order valence-corrected chi connectivity index (χ1v) is 10.8. The molecule has 0 bridgehead atoms. The molecule has 0 aliphatic heterocycles. The van der Waals surface area contributed by atoms with E-state index in [0.29, 0.717) is 24.1 Å². The van der Waals surface area contributed by atoms with Gasteiger partial charge >= 0.3 is 0 Å². The third kappa shape index (κ3) is 5.79. The number of aromatic nitrogens is 4. The van der Waals surface area contributed by atoms with Gasteiger partial charge in [0.25, 0.3) is 0 Å². The van der Waals surface area contributed by atoms with Crippen LogP contribution in [0, 0.1) is 0 Å². The van der Waals surface area contributed by atoms with Crippen LogP contribution in [-0.4, -0.2) is 31.6 Å². The summed E-state index contributed by atoms with van der Waals surface area (Å²) in [7, 11) is 0. The maximum atomic E-state index is 6.06. The lowest BCUT2D eigenvalue weighted by atomic mass is 9.92. The van der Waals surface area contributed by atoms with Gasteiger partial charge < -0.3 is 20.9 Å². The lowest BCUT2D eigenvalue weighted by Crippen LogP contribution is -2.33. The lowest BCUT2D eigenvalue weighted by molar-refractivity contribution is 0.410. The Balaban J connectivity index is 0.00000171. The molecule has 4 N–H and O–H groups in total. The van der Waals surface area contributed by atoms with Gasteiger partial charge in [-0.2, -0.15) is 9.97 Å². The summed E-state index contributed by atoms with van der Waals surface area (Å²) in [5, 5.41) is 6.99. The van der Waals surface area contributed by atoms with E-state index < -0.39 is 0 Å². The van der Waals surface area contributed by atoms with E-state index in [-0.39, 0.29) is 24.8 Å². The molecular formula is C22H33Cl2N7. The van der Waals surface area contributed by atoms with Crippen molar-refractivity contribution < 1.29 is 0 Å². The predicted molar refractivity (Wildman–Crippen MR) is 133 cm³/mol. The maximum Gasteiger partial charge on any atom is 0.227 e. The van der Waals surface area contributed by atoms with Crippen LogP contribution in [0.25, 0.3) is 11.2 Å². The normalized spacial score (nSPS) is 18.3. The van der Waals surface area contributed by atoms with Crippen molar-refractivity contribution in [2.24, 2.45) is 5.73 Å². The van der Waals surface area contributed by atoms with E-state index in [9.17, 15) is 0 Å². The van der Waals surface area contributed by atoms with Crippen LogP contribution in [0.15, 0.2) is 36.7 Å². The Bertz CT molecular complexity index is 936. The van der Waals surface area contributed by atoms with Gasteiger partial charge in [-0.25, -0.2) is 4.98 Å². The van der Waals surface area contributed by atoms with Crippen LogP contribution in [-0.2, 0) is 0 Å². The van der Waals surface area contributed by atoms with Crippen molar-refractivity contribution in [1.82, 2.24) is 19.5 Å². The van der Waals surface area contributed by atoms with Crippen molar-refractivity contribution >= 4 is 53.4 Å². The van der Waals surface area contributed by atoms with E-state index in [2.05, 4.69) is 34.0 Å². The van der Waals surface area contributed by atoms with Crippen LogP contribution in [0.5, 0.6) is 0 Å². The molecule has 2 aromatic heterocycles. The van der Waals surface area contributed by atoms with Crippen molar-refractivity contribution in [2.75, 3.05) is 10.6 Å². The molecule has 1 aliphatic carbocycles. The second kappa shape index (κ2) is 11.5. The molecule has 0 unspecified atom stereocenters. The molecular weight excluding hydrogens is 433 g/mol. The topological polar surface area (TPSA) is 93.7 Å². The largest absolute Gasteiger partial charge is 0.351 e. The number of anilines is 3. The molecule has 1 aromatic carbocycles.